The summed E-state index contributed by atoms with van der Waals surface area (Å²) >= 11 is 0. The minimum Gasteiger partial charge on any atom is -0.491 e. The topological polar surface area (TPSA) is 89.5 Å². The molecule has 0 aliphatic heterocycles. The molecule has 1 heterocycles. The summed E-state index contributed by atoms with van der Waals surface area (Å²) in [7, 11) is 1.56. The number of anilines is 1. The van der Waals surface area contributed by atoms with E-state index in [-0.39, 0.29) is 17.7 Å². The first kappa shape index (κ1) is 19.4. The van der Waals surface area contributed by atoms with Crippen molar-refractivity contribution in [2.24, 2.45) is 0 Å². The van der Waals surface area contributed by atoms with Crippen LogP contribution in [0.5, 0.6) is 5.75 Å². The second-order valence-electron chi connectivity index (χ2n) is 5.82. The Morgan fingerprint density at radius 2 is 1.85 bits per heavy atom. The number of carbonyl (C=O) groups excluding carboxylic acids is 2. The minimum absolute atomic E-state index is 0.0809. The molecule has 0 saturated heterocycles. The van der Waals surface area contributed by atoms with Gasteiger partial charge in [0.1, 0.15) is 11.4 Å². The zero-order valence-electron chi connectivity index (χ0n) is 15.1. The van der Waals surface area contributed by atoms with Gasteiger partial charge in [0.2, 0.25) is 0 Å². The molecule has 2 amide bonds. The van der Waals surface area contributed by atoms with Crippen molar-refractivity contribution in [2.75, 3.05) is 25.6 Å². The number of amides is 2. The SMILES string of the molecule is COCCNC(=O)c1ccnc(C(=O)Nc2ccc(OC(C)C)cc2)c1. The molecule has 2 N–H and O–H groups in total. The van der Waals surface area contributed by atoms with E-state index in [1.54, 1.807) is 37.4 Å². The Morgan fingerprint density at radius 3 is 2.50 bits per heavy atom. The predicted molar refractivity (Wildman–Crippen MR) is 98.6 cm³/mol. The highest BCUT2D eigenvalue weighted by atomic mass is 16.5. The lowest BCUT2D eigenvalue weighted by Gasteiger charge is -2.11. The molecule has 7 nitrogen and oxygen atoms in total. The zero-order valence-corrected chi connectivity index (χ0v) is 15.1. The number of hydrogen-bond donors (Lipinski definition) is 2. The van der Waals surface area contributed by atoms with Crippen molar-refractivity contribution in [1.29, 1.82) is 0 Å². The fraction of sp³-hybridized carbons (Fsp3) is 0.316. The van der Waals surface area contributed by atoms with Crippen LogP contribution in [-0.4, -0.2) is 43.2 Å². The molecule has 0 aliphatic rings. The van der Waals surface area contributed by atoms with E-state index < -0.39 is 5.91 Å². The van der Waals surface area contributed by atoms with Gasteiger partial charge in [0.25, 0.3) is 11.8 Å². The van der Waals surface area contributed by atoms with Crippen LogP contribution in [0.2, 0.25) is 0 Å². The number of benzene rings is 1. The van der Waals surface area contributed by atoms with E-state index in [0.29, 0.717) is 24.4 Å². The molecule has 1 aromatic carbocycles. The third kappa shape index (κ3) is 5.86. The van der Waals surface area contributed by atoms with Crippen molar-refractivity contribution in [3.8, 4) is 5.75 Å². The molecule has 1 aromatic heterocycles. The smallest absolute Gasteiger partial charge is 0.274 e. The summed E-state index contributed by atoms with van der Waals surface area (Å²) in [5.74, 6) is 0.0496. The van der Waals surface area contributed by atoms with Gasteiger partial charge in [0.05, 0.1) is 12.7 Å². The van der Waals surface area contributed by atoms with Crippen molar-refractivity contribution in [3.05, 3.63) is 53.9 Å². The highest BCUT2D eigenvalue weighted by molar-refractivity contribution is 6.04. The summed E-state index contributed by atoms with van der Waals surface area (Å²) in [5, 5.41) is 5.45. The Kier molecular flexibility index (Phi) is 7.11. The minimum atomic E-state index is -0.394. The summed E-state index contributed by atoms with van der Waals surface area (Å²) in [5.41, 5.74) is 1.14. The largest absolute Gasteiger partial charge is 0.491 e. The van der Waals surface area contributed by atoms with E-state index >= 15 is 0 Å². The van der Waals surface area contributed by atoms with Gasteiger partial charge in [-0.1, -0.05) is 0 Å². The normalized spacial score (nSPS) is 10.5. The van der Waals surface area contributed by atoms with E-state index in [1.165, 1.54) is 12.3 Å². The number of nitrogens with zero attached hydrogens (tertiary/aromatic N) is 1. The van der Waals surface area contributed by atoms with Crippen LogP contribution in [0, 0.1) is 0 Å². The first-order chi connectivity index (χ1) is 12.5. The van der Waals surface area contributed by atoms with Crippen LogP contribution in [0.25, 0.3) is 0 Å². The Balaban J connectivity index is 2.01. The van der Waals surface area contributed by atoms with Gasteiger partial charge in [-0.15, -0.1) is 0 Å². The average molecular weight is 357 g/mol. The Hall–Kier alpha value is -2.93. The molecule has 138 valence electrons. The van der Waals surface area contributed by atoms with Crippen LogP contribution >= 0.6 is 0 Å². The van der Waals surface area contributed by atoms with Crippen LogP contribution < -0.4 is 15.4 Å². The van der Waals surface area contributed by atoms with Gasteiger partial charge in [-0.2, -0.15) is 0 Å². The lowest BCUT2D eigenvalue weighted by molar-refractivity contribution is 0.0937. The molecular formula is C19H23N3O4. The first-order valence-electron chi connectivity index (χ1n) is 8.31. The molecule has 7 heteroatoms. The number of carbonyl (C=O) groups is 2. The zero-order chi connectivity index (χ0) is 18.9. The van der Waals surface area contributed by atoms with Crippen LogP contribution in [0.3, 0.4) is 0 Å². The number of hydrogen-bond acceptors (Lipinski definition) is 5. The molecule has 0 aliphatic carbocycles. The van der Waals surface area contributed by atoms with Gasteiger partial charge in [-0.05, 0) is 50.2 Å². The summed E-state index contributed by atoms with van der Waals surface area (Å²) in [6.45, 7) is 4.70. The van der Waals surface area contributed by atoms with E-state index in [2.05, 4.69) is 15.6 Å². The summed E-state index contributed by atoms with van der Waals surface area (Å²) in [6.07, 6.45) is 1.51. The van der Waals surface area contributed by atoms with E-state index in [1.807, 2.05) is 13.8 Å². The monoisotopic (exact) mass is 357 g/mol. The highest BCUT2D eigenvalue weighted by Gasteiger charge is 2.12. The second-order valence-corrected chi connectivity index (χ2v) is 5.82. The number of ether oxygens (including phenoxy) is 2. The van der Waals surface area contributed by atoms with E-state index in [0.717, 1.165) is 5.75 Å². The summed E-state index contributed by atoms with van der Waals surface area (Å²) in [6, 6.07) is 10.1. The maximum absolute atomic E-state index is 12.4. The number of rotatable bonds is 8. The quantitative estimate of drug-likeness (QED) is 0.709. The van der Waals surface area contributed by atoms with E-state index in [4.69, 9.17) is 9.47 Å². The van der Waals surface area contributed by atoms with Crippen LogP contribution in [0.1, 0.15) is 34.7 Å². The van der Waals surface area contributed by atoms with Crippen LogP contribution in [-0.2, 0) is 4.74 Å². The number of methoxy groups -OCH3 is 1. The molecule has 0 atom stereocenters. The van der Waals surface area contributed by atoms with Gasteiger partial charge in [0.15, 0.2) is 0 Å². The number of nitrogens with one attached hydrogen (secondary N) is 2. The maximum Gasteiger partial charge on any atom is 0.274 e. The van der Waals surface area contributed by atoms with Gasteiger partial charge in [-0.25, -0.2) is 0 Å². The first-order valence-corrected chi connectivity index (χ1v) is 8.31. The Bertz CT molecular complexity index is 745. The van der Waals surface area contributed by atoms with Gasteiger partial charge < -0.3 is 20.1 Å². The Morgan fingerprint density at radius 1 is 1.12 bits per heavy atom. The summed E-state index contributed by atoms with van der Waals surface area (Å²) in [4.78, 5) is 28.4. The van der Waals surface area contributed by atoms with Gasteiger partial charge in [0, 0.05) is 31.1 Å². The fourth-order valence-electron chi connectivity index (χ4n) is 2.15. The van der Waals surface area contributed by atoms with Gasteiger partial charge in [-0.3, -0.25) is 14.6 Å². The average Bonchev–Trinajstić information content (AvgIpc) is 2.63. The Labute approximate surface area is 152 Å². The molecular weight excluding hydrogens is 334 g/mol. The summed E-state index contributed by atoms with van der Waals surface area (Å²) < 4.78 is 10.4. The molecule has 26 heavy (non-hydrogen) atoms. The van der Waals surface area contributed by atoms with Crippen LogP contribution in [0.15, 0.2) is 42.6 Å². The molecule has 0 fully saturated rings. The molecule has 0 radical (unpaired) electrons. The molecule has 0 spiro atoms. The van der Waals surface area contributed by atoms with Crippen LogP contribution in [0.4, 0.5) is 5.69 Å². The van der Waals surface area contributed by atoms with E-state index in [9.17, 15) is 9.59 Å². The molecule has 2 aromatic rings. The predicted octanol–water partition coefficient (Wildman–Crippen LogP) is 2.50. The fourth-order valence-corrected chi connectivity index (χ4v) is 2.15. The van der Waals surface area contributed by atoms with Crippen molar-refractivity contribution in [2.45, 2.75) is 20.0 Å². The molecule has 0 unspecified atom stereocenters. The lowest BCUT2D eigenvalue weighted by Crippen LogP contribution is -2.27. The van der Waals surface area contributed by atoms with Crippen molar-refractivity contribution < 1.29 is 19.1 Å². The molecule has 0 bridgehead atoms. The standard InChI is InChI=1S/C19H23N3O4/c1-13(2)26-16-6-4-15(5-7-16)22-19(24)17-12-14(8-9-20-17)18(23)21-10-11-25-3/h4-9,12-13H,10-11H2,1-3H3,(H,21,23)(H,22,24). The number of aromatic nitrogens is 1. The van der Waals surface area contributed by atoms with Gasteiger partial charge >= 0.3 is 0 Å². The lowest BCUT2D eigenvalue weighted by atomic mass is 10.2. The molecule has 0 saturated carbocycles. The third-order valence-corrected chi connectivity index (χ3v) is 3.33. The van der Waals surface area contributed by atoms with Crippen molar-refractivity contribution in [3.63, 3.8) is 0 Å². The third-order valence-electron chi connectivity index (χ3n) is 3.33. The maximum atomic E-state index is 12.4. The second kappa shape index (κ2) is 9.53. The molecule has 2 rings (SSSR count). The highest BCUT2D eigenvalue weighted by Crippen LogP contribution is 2.17. The number of pyridine rings is 1. The van der Waals surface area contributed by atoms with Crippen molar-refractivity contribution in [1.82, 2.24) is 10.3 Å². The van der Waals surface area contributed by atoms with Crippen molar-refractivity contribution >= 4 is 17.5 Å².